The number of phenolic OH excluding ortho intramolecular Hbond substituents is 2. The highest BCUT2D eigenvalue weighted by atomic mass is 16.7. The number of rotatable bonds is 7. The standard InChI is InChI=1S/C27H28O17/c28-7-13-15(31)17(33)20(36)26(42-13)40-10-5-11(30)14-12(6-10)41-22(8-1-3-9(29)4-2-8)23(16(14)32)43-27-21(37)18(34)19(35)24(44-27)25(38)39/h1-6,13,15,17-21,24,26-31,33-37H,7H2,(H,38,39)/t13-,15-,17-,18+,19+,20-,21-,24-,26-,27-/m0/s1. The first-order valence-electron chi connectivity index (χ1n) is 13.0. The molecule has 2 aliphatic heterocycles. The molecule has 17 nitrogen and oxygen atoms in total. The Hall–Kier alpha value is -4.04. The van der Waals surface area contributed by atoms with Crippen LogP contribution in [0.3, 0.4) is 0 Å². The quantitative estimate of drug-likeness (QED) is 0.128. The lowest BCUT2D eigenvalue weighted by molar-refractivity contribution is -0.277. The number of aliphatic hydroxyl groups is 7. The van der Waals surface area contributed by atoms with Gasteiger partial charge in [-0.05, 0) is 24.3 Å². The van der Waals surface area contributed by atoms with Crippen molar-refractivity contribution in [1.29, 1.82) is 0 Å². The normalized spacial score (nSPS) is 32.3. The van der Waals surface area contributed by atoms with Gasteiger partial charge in [0.2, 0.25) is 23.8 Å². The van der Waals surface area contributed by atoms with E-state index in [1.165, 1.54) is 24.3 Å². The third kappa shape index (κ3) is 5.63. The fourth-order valence-corrected chi connectivity index (χ4v) is 4.80. The van der Waals surface area contributed by atoms with Crippen LogP contribution in [0.4, 0.5) is 0 Å². The molecule has 0 spiro atoms. The van der Waals surface area contributed by atoms with Gasteiger partial charge in [0, 0.05) is 17.7 Å². The fourth-order valence-electron chi connectivity index (χ4n) is 4.80. The number of fused-ring (bicyclic) bond motifs is 1. The van der Waals surface area contributed by atoms with Crippen molar-refractivity contribution in [2.75, 3.05) is 6.61 Å². The number of aromatic hydroxyl groups is 2. The second kappa shape index (κ2) is 12.2. The molecule has 17 heteroatoms. The van der Waals surface area contributed by atoms with Gasteiger partial charge >= 0.3 is 5.97 Å². The van der Waals surface area contributed by atoms with Gasteiger partial charge in [-0.2, -0.15) is 0 Å². The van der Waals surface area contributed by atoms with Crippen molar-refractivity contribution >= 4 is 16.9 Å². The number of phenols is 2. The van der Waals surface area contributed by atoms with Crippen LogP contribution in [0.5, 0.6) is 23.0 Å². The van der Waals surface area contributed by atoms with E-state index in [4.69, 9.17) is 23.4 Å². The van der Waals surface area contributed by atoms with Gasteiger partial charge in [0.25, 0.3) is 0 Å². The predicted octanol–water partition coefficient (Wildman–Crippen LogP) is -2.68. The van der Waals surface area contributed by atoms with Crippen molar-refractivity contribution in [2.45, 2.75) is 61.4 Å². The van der Waals surface area contributed by atoms with Crippen molar-refractivity contribution in [3.8, 4) is 34.3 Å². The van der Waals surface area contributed by atoms with Gasteiger partial charge in [0.15, 0.2) is 11.9 Å². The molecule has 10 N–H and O–H groups in total. The number of hydrogen-bond acceptors (Lipinski definition) is 16. The third-order valence-corrected chi connectivity index (χ3v) is 7.18. The maximum absolute atomic E-state index is 13.7. The summed E-state index contributed by atoms with van der Waals surface area (Å²) in [5.41, 5.74) is -1.32. The van der Waals surface area contributed by atoms with Crippen molar-refractivity contribution in [2.24, 2.45) is 0 Å². The van der Waals surface area contributed by atoms with Crippen LogP contribution in [0.25, 0.3) is 22.3 Å². The molecule has 2 fully saturated rings. The maximum Gasteiger partial charge on any atom is 0.335 e. The van der Waals surface area contributed by atoms with E-state index in [0.29, 0.717) is 0 Å². The first-order valence-corrected chi connectivity index (χ1v) is 13.0. The summed E-state index contributed by atoms with van der Waals surface area (Å²) in [5.74, 6) is -4.00. The Morgan fingerprint density at radius 2 is 1.41 bits per heavy atom. The lowest BCUT2D eigenvalue weighted by Gasteiger charge is -2.39. The van der Waals surface area contributed by atoms with E-state index in [9.17, 15) is 60.7 Å². The largest absolute Gasteiger partial charge is 0.508 e. The van der Waals surface area contributed by atoms with Gasteiger partial charge in [-0.25, -0.2) is 4.79 Å². The van der Waals surface area contributed by atoms with Gasteiger partial charge < -0.3 is 74.4 Å². The van der Waals surface area contributed by atoms with Crippen LogP contribution < -0.4 is 14.9 Å². The first kappa shape index (κ1) is 31.4. The summed E-state index contributed by atoms with van der Waals surface area (Å²) >= 11 is 0. The van der Waals surface area contributed by atoms with Crippen molar-refractivity contribution in [1.82, 2.24) is 0 Å². The van der Waals surface area contributed by atoms with Crippen molar-refractivity contribution < 1.29 is 79.2 Å². The molecule has 0 radical (unpaired) electrons. The molecule has 1 aromatic heterocycles. The minimum absolute atomic E-state index is 0.0946. The number of hydrogen-bond donors (Lipinski definition) is 10. The minimum atomic E-state index is -2.06. The number of aliphatic carboxylic acids is 1. The van der Waals surface area contributed by atoms with Crippen LogP contribution in [-0.2, 0) is 14.3 Å². The molecule has 5 rings (SSSR count). The summed E-state index contributed by atoms with van der Waals surface area (Å²) < 4.78 is 27.4. The van der Waals surface area contributed by atoms with E-state index < -0.39 is 96.3 Å². The second-order valence-electron chi connectivity index (χ2n) is 10.1. The topological polar surface area (TPSA) is 286 Å². The number of ether oxygens (including phenoxy) is 4. The zero-order valence-corrected chi connectivity index (χ0v) is 22.3. The van der Waals surface area contributed by atoms with Gasteiger partial charge in [-0.1, -0.05) is 0 Å². The van der Waals surface area contributed by atoms with Crippen molar-refractivity contribution in [3.63, 3.8) is 0 Å². The zero-order chi connectivity index (χ0) is 32.0. The van der Waals surface area contributed by atoms with E-state index in [1.807, 2.05) is 0 Å². The Kier molecular flexibility index (Phi) is 8.67. The van der Waals surface area contributed by atoms with Gasteiger partial charge in [0.1, 0.15) is 70.9 Å². The van der Waals surface area contributed by atoms with Gasteiger partial charge in [0.05, 0.1) is 6.61 Å². The average molecular weight is 625 g/mol. The molecule has 0 bridgehead atoms. The molecule has 0 unspecified atom stereocenters. The SMILES string of the molecule is O=C(O)[C@H]1O[C@H](Oc2c(-c3ccc(O)cc3)oc3cc(O[C@H]4O[C@@H](CO)[C@H](O)[C@H](O)[C@@H]4O)cc(O)c3c2=O)[C@@H](O)[C@H](O)[C@H]1O. The number of carbonyl (C=O) groups is 1. The smallest absolute Gasteiger partial charge is 0.335 e. The summed E-state index contributed by atoms with van der Waals surface area (Å²) in [6, 6.07) is 7.07. The molecule has 2 saturated heterocycles. The summed E-state index contributed by atoms with van der Waals surface area (Å²) in [6.45, 7) is -0.732. The van der Waals surface area contributed by atoms with Gasteiger partial charge in [-0.3, -0.25) is 4.79 Å². The fraction of sp³-hybridized carbons (Fsp3) is 0.407. The summed E-state index contributed by atoms with van der Waals surface area (Å²) in [6.07, 6.45) is -18.4. The molecule has 238 valence electrons. The average Bonchev–Trinajstić information content (AvgIpc) is 2.98. The molecular weight excluding hydrogens is 596 g/mol. The van der Waals surface area contributed by atoms with E-state index in [2.05, 4.69) is 0 Å². The summed E-state index contributed by atoms with van der Waals surface area (Å²) in [7, 11) is 0. The third-order valence-electron chi connectivity index (χ3n) is 7.18. The highest BCUT2D eigenvalue weighted by molar-refractivity contribution is 5.88. The first-order chi connectivity index (χ1) is 20.8. The second-order valence-corrected chi connectivity index (χ2v) is 10.1. The highest BCUT2D eigenvalue weighted by Gasteiger charge is 2.49. The molecular formula is C27H28O17. The molecule has 0 saturated carbocycles. The molecule has 44 heavy (non-hydrogen) atoms. The number of carboxylic acids is 1. The van der Waals surface area contributed by atoms with Crippen LogP contribution in [0.2, 0.25) is 0 Å². The van der Waals surface area contributed by atoms with Crippen molar-refractivity contribution in [3.05, 3.63) is 46.6 Å². The molecule has 0 aliphatic carbocycles. The number of carboxylic acid groups (broad SMARTS) is 1. The molecule has 3 heterocycles. The van der Waals surface area contributed by atoms with Crippen LogP contribution in [0.15, 0.2) is 45.6 Å². The Morgan fingerprint density at radius 1 is 0.795 bits per heavy atom. The van der Waals surface area contributed by atoms with Crippen LogP contribution >= 0.6 is 0 Å². The zero-order valence-electron chi connectivity index (χ0n) is 22.3. The lowest BCUT2D eigenvalue weighted by atomic mass is 9.99. The number of benzene rings is 2. The molecule has 2 aromatic carbocycles. The maximum atomic E-state index is 13.7. The Bertz CT molecular complexity index is 1570. The summed E-state index contributed by atoms with van der Waals surface area (Å²) in [5, 5.41) is 99.8. The predicted molar refractivity (Wildman–Crippen MR) is 141 cm³/mol. The molecule has 0 amide bonds. The minimum Gasteiger partial charge on any atom is -0.508 e. The Morgan fingerprint density at radius 3 is 2.02 bits per heavy atom. The van der Waals surface area contributed by atoms with Crippen LogP contribution in [-0.4, -0.2) is 125 Å². The van der Waals surface area contributed by atoms with E-state index in [0.717, 1.165) is 12.1 Å². The Balaban J connectivity index is 1.58. The summed E-state index contributed by atoms with van der Waals surface area (Å²) in [4.78, 5) is 25.3. The highest BCUT2D eigenvalue weighted by Crippen LogP contribution is 2.38. The van der Waals surface area contributed by atoms with Crippen LogP contribution in [0.1, 0.15) is 0 Å². The molecule has 2 aliphatic rings. The molecule has 10 atom stereocenters. The van der Waals surface area contributed by atoms with Crippen LogP contribution in [0, 0.1) is 0 Å². The van der Waals surface area contributed by atoms with Gasteiger partial charge in [-0.15, -0.1) is 0 Å². The number of aliphatic hydroxyl groups excluding tert-OH is 7. The van der Waals surface area contributed by atoms with E-state index >= 15 is 0 Å². The molecule has 3 aromatic rings. The Labute approximate surface area is 245 Å². The van der Waals surface area contributed by atoms with E-state index in [1.54, 1.807) is 0 Å². The van der Waals surface area contributed by atoms with E-state index in [-0.39, 0.29) is 28.4 Å². The monoisotopic (exact) mass is 624 g/mol. The lowest BCUT2D eigenvalue weighted by Crippen LogP contribution is -2.61.